The van der Waals surface area contributed by atoms with Crippen molar-refractivity contribution < 1.29 is 4.42 Å². The quantitative estimate of drug-likeness (QED) is 0.763. The van der Waals surface area contributed by atoms with Gasteiger partial charge in [-0.3, -0.25) is 0 Å². The Kier molecular flexibility index (Phi) is 2.47. The van der Waals surface area contributed by atoms with E-state index < -0.39 is 0 Å². The van der Waals surface area contributed by atoms with Crippen molar-refractivity contribution in [3.63, 3.8) is 0 Å². The van der Waals surface area contributed by atoms with Crippen LogP contribution in [0.3, 0.4) is 0 Å². The zero-order valence-electron chi connectivity index (χ0n) is 10.2. The average Bonchev–Trinajstić information content (AvgIpc) is 2.98. The monoisotopic (exact) mass is 243 g/mol. The fourth-order valence-corrected chi connectivity index (χ4v) is 1.86. The number of aryl methyl sites for hydroxylation is 1. The van der Waals surface area contributed by atoms with Gasteiger partial charge in [-0.15, -0.1) is 0 Å². The molecule has 92 valence electrons. The third-order valence-electron chi connectivity index (χ3n) is 2.71. The standard InChI is InChI=1S/C12H13N5O/c1-8-6-11(17-12(15-8)13-7-14-17)16-9(2)10-4-3-5-18-10/h3-7,9,16H,1-2H3/t9-/m0/s1. The van der Waals surface area contributed by atoms with Gasteiger partial charge >= 0.3 is 0 Å². The summed E-state index contributed by atoms with van der Waals surface area (Å²) < 4.78 is 7.04. The van der Waals surface area contributed by atoms with Crippen LogP contribution in [-0.2, 0) is 0 Å². The molecule has 0 bridgehead atoms. The first-order chi connectivity index (χ1) is 8.74. The fraction of sp³-hybridized carbons (Fsp3) is 0.250. The highest BCUT2D eigenvalue weighted by atomic mass is 16.3. The van der Waals surface area contributed by atoms with Crippen LogP contribution in [0, 0.1) is 6.92 Å². The lowest BCUT2D eigenvalue weighted by molar-refractivity contribution is 0.489. The van der Waals surface area contributed by atoms with Crippen LogP contribution >= 0.6 is 0 Å². The summed E-state index contributed by atoms with van der Waals surface area (Å²) >= 11 is 0. The molecule has 6 heteroatoms. The minimum Gasteiger partial charge on any atom is -0.467 e. The minimum atomic E-state index is 0.0502. The molecule has 0 unspecified atom stereocenters. The Morgan fingerprint density at radius 1 is 1.44 bits per heavy atom. The number of rotatable bonds is 3. The summed E-state index contributed by atoms with van der Waals surface area (Å²) in [5.41, 5.74) is 0.893. The number of hydrogen-bond donors (Lipinski definition) is 1. The van der Waals surface area contributed by atoms with Gasteiger partial charge in [-0.25, -0.2) is 4.98 Å². The highest BCUT2D eigenvalue weighted by Gasteiger charge is 2.11. The van der Waals surface area contributed by atoms with Crippen molar-refractivity contribution >= 4 is 11.6 Å². The van der Waals surface area contributed by atoms with E-state index in [0.29, 0.717) is 5.78 Å². The lowest BCUT2D eigenvalue weighted by atomic mass is 10.2. The maximum Gasteiger partial charge on any atom is 0.254 e. The number of nitrogens with one attached hydrogen (secondary N) is 1. The van der Waals surface area contributed by atoms with Crippen molar-refractivity contribution in [3.8, 4) is 0 Å². The summed E-state index contributed by atoms with van der Waals surface area (Å²) in [7, 11) is 0. The summed E-state index contributed by atoms with van der Waals surface area (Å²) in [6.07, 6.45) is 3.15. The van der Waals surface area contributed by atoms with Gasteiger partial charge in [0.2, 0.25) is 0 Å². The van der Waals surface area contributed by atoms with Gasteiger partial charge in [-0.1, -0.05) is 0 Å². The Morgan fingerprint density at radius 2 is 2.33 bits per heavy atom. The molecular weight excluding hydrogens is 230 g/mol. The topological polar surface area (TPSA) is 68.2 Å². The summed E-state index contributed by atoms with van der Waals surface area (Å²) in [5, 5.41) is 7.49. The van der Waals surface area contributed by atoms with E-state index in [-0.39, 0.29) is 6.04 Å². The first-order valence-corrected chi connectivity index (χ1v) is 5.71. The third kappa shape index (κ3) is 1.81. The number of nitrogens with zero attached hydrogens (tertiary/aromatic N) is 4. The lowest BCUT2D eigenvalue weighted by Gasteiger charge is -2.13. The van der Waals surface area contributed by atoms with Crippen LogP contribution in [0.4, 0.5) is 5.82 Å². The van der Waals surface area contributed by atoms with Crippen molar-refractivity contribution in [3.05, 3.63) is 42.2 Å². The summed E-state index contributed by atoms with van der Waals surface area (Å²) in [4.78, 5) is 8.38. The smallest absolute Gasteiger partial charge is 0.254 e. The fourth-order valence-electron chi connectivity index (χ4n) is 1.86. The SMILES string of the molecule is Cc1cc(N[C@@H](C)c2ccco2)n2ncnc2n1. The van der Waals surface area contributed by atoms with E-state index >= 15 is 0 Å². The van der Waals surface area contributed by atoms with E-state index in [4.69, 9.17) is 4.42 Å². The normalized spacial score (nSPS) is 12.8. The highest BCUT2D eigenvalue weighted by molar-refractivity contribution is 5.45. The number of hydrogen-bond acceptors (Lipinski definition) is 5. The van der Waals surface area contributed by atoms with E-state index in [0.717, 1.165) is 17.3 Å². The Bertz CT molecular complexity index is 658. The molecule has 0 saturated carbocycles. The molecule has 1 atom stereocenters. The first-order valence-electron chi connectivity index (χ1n) is 5.71. The van der Waals surface area contributed by atoms with Crippen LogP contribution in [0.25, 0.3) is 5.78 Å². The second-order valence-electron chi connectivity index (χ2n) is 4.14. The van der Waals surface area contributed by atoms with Crippen LogP contribution in [0.5, 0.6) is 0 Å². The zero-order valence-corrected chi connectivity index (χ0v) is 10.2. The van der Waals surface area contributed by atoms with Crippen molar-refractivity contribution in [2.75, 3.05) is 5.32 Å². The summed E-state index contributed by atoms with van der Waals surface area (Å²) in [6, 6.07) is 5.79. The molecule has 3 aromatic heterocycles. The second kappa shape index (κ2) is 4.14. The molecule has 0 aromatic carbocycles. The van der Waals surface area contributed by atoms with Crippen molar-refractivity contribution in [1.82, 2.24) is 19.6 Å². The van der Waals surface area contributed by atoms with Gasteiger partial charge < -0.3 is 9.73 Å². The van der Waals surface area contributed by atoms with Gasteiger partial charge in [0.1, 0.15) is 17.9 Å². The van der Waals surface area contributed by atoms with Crippen LogP contribution in [0.1, 0.15) is 24.4 Å². The number of aromatic nitrogens is 4. The van der Waals surface area contributed by atoms with Gasteiger partial charge in [0, 0.05) is 11.8 Å². The Labute approximate surface area is 104 Å². The molecule has 0 radical (unpaired) electrons. The van der Waals surface area contributed by atoms with E-state index in [2.05, 4.69) is 20.4 Å². The predicted molar refractivity (Wildman–Crippen MR) is 66.3 cm³/mol. The van der Waals surface area contributed by atoms with Gasteiger partial charge in [0.05, 0.1) is 12.3 Å². The van der Waals surface area contributed by atoms with Crippen LogP contribution < -0.4 is 5.32 Å². The molecule has 3 heterocycles. The molecular formula is C12H13N5O. The molecule has 18 heavy (non-hydrogen) atoms. The molecule has 0 aliphatic rings. The Morgan fingerprint density at radius 3 is 3.11 bits per heavy atom. The first kappa shape index (κ1) is 10.8. The Balaban J connectivity index is 1.97. The van der Waals surface area contributed by atoms with Crippen molar-refractivity contribution in [1.29, 1.82) is 0 Å². The maximum absolute atomic E-state index is 5.37. The van der Waals surface area contributed by atoms with Crippen LogP contribution in [0.2, 0.25) is 0 Å². The van der Waals surface area contributed by atoms with Crippen molar-refractivity contribution in [2.24, 2.45) is 0 Å². The number of fused-ring (bicyclic) bond motifs is 1. The van der Waals surface area contributed by atoms with Crippen LogP contribution in [0.15, 0.2) is 35.2 Å². The minimum absolute atomic E-state index is 0.0502. The molecule has 0 spiro atoms. The van der Waals surface area contributed by atoms with Crippen molar-refractivity contribution in [2.45, 2.75) is 19.9 Å². The predicted octanol–water partition coefficient (Wildman–Crippen LogP) is 2.20. The molecule has 0 amide bonds. The second-order valence-corrected chi connectivity index (χ2v) is 4.14. The maximum atomic E-state index is 5.37. The molecule has 1 N–H and O–H groups in total. The van der Waals surface area contributed by atoms with Gasteiger partial charge in [-0.2, -0.15) is 14.6 Å². The largest absolute Gasteiger partial charge is 0.467 e. The molecule has 3 rings (SSSR count). The van der Waals surface area contributed by atoms with E-state index in [9.17, 15) is 0 Å². The average molecular weight is 243 g/mol. The molecule has 3 aromatic rings. The highest BCUT2D eigenvalue weighted by Crippen LogP contribution is 2.19. The van der Waals surface area contributed by atoms with E-state index in [1.807, 2.05) is 32.0 Å². The molecule has 6 nitrogen and oxygen atoms in total. The molecule has 0 fully saturated rings. The molecule has 0 aliphatic heterocycles. The van der Waals surface area contributed by atoms with Gasteiger partial charge in [0.25, 0.3) is 5.78 Å². The van der Waals surface area contributed by atoms with Crippen LogP contribution in [-0.4, -0.2) is 19.6 Å². The summed E-state index contributed by atoms with van der Waals surface area (Å²) in [5.74, 6) is 2.31. The van der Waals surface area contributed by atoms with E-state index in [1.165, 1.54) is 6.33 Å². The van der Waals surface area contributed by atoms with E-state index in [1.54, 1.807) is 10.8 Å². The molecule has 0 aliphatic carbocycles. The summed E-state index contributed by atoms with van der Waals surface area (Å²) in [6.45, 7) is 3.95. The zero-order chi connectivity index (χ0) is 12.5. The number of furan rings is 1. The third-order valence-corrected chi connectivity index (χ3v) is 2.71. The number of anilines is 1. The van der Waals surface area contributed by atoms with Gasteiger partial charge in [-0.05, 0) is 26.0 Å². The molecule has 0 saturated heterocycles. The lowest BCUT2D eigenvalue weighted by Crippen LogP contribution is -2.10. The van der Waals surface area contributed by atoms with Gasteiger partial charge in [0.15, 0.2) is 0 Å². The Hall–Kier alpha value is -2.37.